The first-order chi connectivity index (χ1) is 13.3. The molecule has 0 unspecified atom stereocenters. The van der Waals surface area contributed by atoms with Crippen LogP contribution < -0.4 is 5.32 Å². The number of aromatic carboxylic acids is 1. The molecule has 3 aromatic carbocycles. The Kier molecular flexibility index (Phi) is 5.17. The van der Waals surface area contributed by atoms with E-state index < -0.39 is 17.7 Å². The van der Waals surface area contributed by atoms with Gasteiger partial charge in [-0.15, -0.1) is 0 Å². The largest absolute Gasteiger partial charge is 0.478 e. The van der Waals surface area contributed by atoms with Crippen LogP contribution in [0.25, 0.3) is 22.3 Å². The average molecular weight is 385 g/mol. The average Bonchev–Trinajstić information content (AvgIpc) is 2.68. The van der Waals surface area contributed by atoms with Gasteiger partial charge in [-0.3, -0.25) is 4.79 Å². The number of anilines is 1. The lowest BCUT2D eigenvalue weighted by atomic mass is 9.97. The maximum atomic E-state index is 12.7. The molecule has 0 atom stereocenters. The van der Waals surface area contributed by atoms with Crippen molar-refractivity contribution in [1.29, 1.82) is 0 Å². The fourth-order valence-corrected chi connectivity index (χ4v) is 2.88. The van der Waals surface area contributed by atoms with Crippen LogP contribution >= 0.6 is 0 Å². The van der Waals surface area contributed by atoms with E-state index in [1.165, 1.54) is 18.2 Å². The van der Waals surface area contributed by atoms with Crippen molar-refractivity contribution < 1.29 is 27.9 Å². The number of halogens is 3. The summed E-state index contributed by atoms with van der Waals surface area (Å²) in [7, 11) is 0. The van der Waals surface area contributed by atoms with Crippen LogP contribution in [0.4, 0.5) is 18.9 Å². The minimum atomic E-state index is -4.39. The molecule has 0 radical (unpaired) electrons. The quantitative estimate of drug-likeness (QED) is 0.585. The number of nitrogens with one attached hydrogen (secondary N) is 1. The van der Waals surface area contributed by atoms with Gasteiger partial charge in [0.1, 0.15) is 0 Å². The molecule has 7 heteroatoms. The molecule has 28 heavy (non-hydrogen) atoms. The van der Waals surface area contributed by atoms with Crippen LogP contribution in [0.5, 0.6) is 0 Å². The summed E-state index contributed by atoms with van der Waals surface area (Å²) in [5, 5.41) is 11.7. The maximum Gasteiger partial charge on any atom is 0.416 e. The number of carbonyl (C=O) groups excluding carboxylic acids is 1. The van der Waals surface area contributed by atoms with Crippen molar-refractivity contribution in [3.8, 4) is 22.3 Å². The number of hydrogen-bond donors (Lipinski definition) is 2. The van der Waals surface area contributed by atoms with Crippen molar-refractivity contribution in [3.05, 3.63) is 77.9 Å². The third-order valence-corrected chi connectivity index (χ3v) is 4.24. The lowest BCUT2D eigenvalue weighted by Gasteiger charge is -2.12. The summed E-state index contributed by atoms with van der Waals surface area (Å²) in [5.41, 5.74) is 1.91. The van der Waals surface area contributed by atoms with Gasteiger partial charge in [0.25, 0.3) is 0 Å². The van der Waals surface area contributed by atoms with Crippen LogP contribution in [0.15, 0.2) is 66.7 Å². The molecule has 0 aliphatic rings. The number of hydrogen-bond acceptors (Lipinski definition) is 2. The molecule has 0 aliphatic carbocycles. The highest BCUT2D eigenvalue weighted by atomic mass is 19.4. The lowest BCUT2D eigenvalue weighted by molar-refractivity contribution is -0.137. The van der Waals surface area contributed by atoms with Crippen LogP contribution in [0.2, 0.25) is 0 Å². The molecule has 142 valence electrons. The Hall–Kier alpha value is -3.61. The van der Waals surface area contributed by atoms with Crippen molar-refractivity contribution in [1.82, 2.24) is 0 Å². The Morgan fingerprint density at radius 2 is 1.39 bits per heavy atom. The molecule has 0 aromatic heterocycles. The van der Waals surface area contributed by atoms with Gasteiger partial charge in [0.05, 0.1) is 16.8 Å². The Morgan fingerprint density at radius 1 is 0.857 bits per heavy atom. The molecule has 0 bridgehead atoms. The fourth-order valence-electron chi connectivity index (χ4n) is 2.88. The molecule has 2 N–H and O–H groups in total. The van der Waals surface area contributed by atoms with Gasteiger partial charge in [-0.1, -0.05) is 48.5 Å². The smallest absolute Gasteiger partial charge is 0.416 e. The summed E-state index contributed by atoms with van der Waals surface area (Å²) >= 11 is 0. The number of para-hydroxylation sites is 1. The van der Waals surface area contributed by atoms with Crippen LogP contribution in [0.1, 0.15) is 15.9 Å². The third kappa shape index (κ3) is 3.88. The van der Waals surface area contributed by atoms with Crippen LogP contribution in [-0.4, -0.2) is 17.5 Å². The van der Waals surface area contributed by atoms with E-state index in [2.05, 4.69) is 5.32 Å². The first-order valence-electron chi connectivity index (χ1n) is 8.16. The molecule has 0 aliphatic heterocycles. The summed E-state index contributed by atoms with van der Waals surface area (Å²) in [6.45, 7) is 0. The highest BCUT2D eigenvalue weighted by molar-refractivity contribution is 6.01. The van der Waals surface area contributed by atoms with Crippen LogP contribution in [-0.2, 0) is 11.0 Å². The van der Waals surface area contributed by atoms with E-state index in [-0.39, 0.29) is 11.3 Å². The van der Waals surface area contributed by atoms with Crippen molar-refractivity contribution >= 4 is 18.1 Å². The monoisotopic (exact) mass is 385 g/mol. The molecule has 3 rings (SSSR count). The zero-order chi connectivity index (χ0) is 20.3. The summed E-state index contributed by atoms with van der Waals surface area (Å²) < 4.78 is 38.0. The molecular weight excluding hydrogens is 371 g/mol. The Labute approximate surface area is 158 Å². The third-order valence-electron chi connectivity index (χ3n) is 4.24. The number of carboxylic acids is 1. The predicted octanol–water partition coefficient (Wildman–Crippen LogP) is 5.31. The van der Waals surface area contributed by atoms with E-state index >= 15 is 0 Å². The number of benzene rings is 3. The van der Waals surface area contributed by atoms with Crippen molar-refractivity contribution in [2.24, 2.45) is 0 Å². The number of rotatable bonds is 5. The topological polar surface area (TPSA) is 66.4 Å². The van der Waals surface area contributed by atoms with Gasteiger partial charge < -0.3 is 10.4 Å². The summed E-state index contributed by atoms with van der Waals surface area (Å²) in [5.74, 6) is -1.17. The van der Waals surface area contributed by atoms with Gasteiger partial charge in [-0.2, -0.15) is 13.2 Å². The van der Waals surface area contributed by atoms with E-state index in [1.54, 1.807) is 36.4 Å². The molecule has 3 aromatic rings. The molecule has 0 fully saturated rings. The van der Waals surface area contributed by atoms with Gasteiger partial charge in [0, 0.05) is 5.56 Å². The van der Waals surface area contributed by atoms with Gasteiger partial charge >= 0.3 is 12.1 Å². The Balaban J connectivity index is 1.96. The summed E-state index contributed by atoms with van der Waals surface area (Å²) in [4.78, 5) is 22.3. The Morgan fingerprint density at radius 3 is 1.89 bits per heavy atom. The second-order valence-electron chi connectivity index (χ2n) is 5.95. The Bertz CT molecular complexity index is 1010. The second kappa shape index (κ2) is 7.56. The SMILES string of the molecule is O=CNc1c(C(=O)O)cccc1-c1ccc(-c2ccc(C(F)(F)F)cc2)cc1. The number of carbonyl (C=O) groups is 2. The van der Waals surface area contributed by atoms with E-state index in [0.29, 0.717) is 28.7 Å². The van der Waals surface area contributed by atoms with E-state index in [0.717, 1.165) is 12.1 Å². The van der Waals surface area contributed by atoms with Gasteiger partial charge in [0.15, 0.2) is 0 Å². The van der Waals surface area contributed by atoms with Gasteiger partial charge in [-0.25, -0.2) is 4.79 Å². The maximum absolute atomic E-state index is 12.7. The van der Waals surface area contributed by atoms with Crippen molar-refractivity contribution in [2.45, 2.75) is 6.18 Å². The van der Waals surface area contributed by atoms with E-state index in [4.69, 9.17) is 0 Å². The molecule has 4 nitrogen and oxygen atoms in total. The van der Waals surface area contributed by atoms with E-state index in [1.807, 2.05) is 0 Å². The first kappa shape index (κ1) is 19.2. The molecule has 1 amide bonds. The standard InChI is InChI=1S/C21H14F3NO3/c22-21(23,24)16-10-8-14(9-11-16)13-4-6-15(7-5-13)17-2-1-3-18(20(27)28)19(17)25-12-26/h1-12H,(H,25,26)(H,27,28). The zero-order valence-electron chi connectivity index (χ0n) is 14.3. The van der Waals surface area contributed by atoms with Crippen LogP contribution in [0.3, 0.4) is 0 Å². The van der Waals surface area contributed by atoms with E-state index in [9.17, 15) is 27.9 Å². The van der Waals surface area contributed by atoms with Crippen molar-refractivity contribution in [3.63, 3.8) is 0 Å². The van der Waals surface area contributed by atoms with Gasteiger partial charge in [-0.05, 0) is 34.9 Å². The first-order valence-corrected chi connectivity index (χ1v) is 8.16. The molecule has 0 heterocycles. The summed E-state index contributed by atoms with van der Waals surface area (Å²) in [6, 6.07) is 16.3. The van der Waals surface area contributed by atoms with Crippen molar-refractivity contribution in [2.75, 3.05) is 5.32 Å². The fraction of sp³-hybridized carbons (Fsp3) is 0.0476. The normalized spacial score (nSPS) is 11.1. The highest BCUT2D eigenvalue weighted by Crippen LogP contribution is 2.34. The number of carboxylic acid groups (broad SMARTS) is 1. The molecule has 0 spiro atoms. The number of amides is 1. The highest BCUT2D eigenvalue weighted by Gasteiger charge is 2.29. The predicted molar refractivity (Wildman–Crippen MR) is 99.0 cm³/mol. The lowest BCUT2D eigenvalue weighted by Crippen LogP contribution is -2.06. The zero-order valence-corrected chi connectivity index (χ0v) is 14.3. The minimum Gasteiger partial charge on any atom is -0.478 e. The molecule has 0 saturated heterocycles. The summed E-state index contributed by atoms with van der Waals surface area (Å²) in [6.07, 6.45) is -3.98. The van der Waals surface area contributed by atoms with Gasteiger partial charge in [0.2, 0.25) is 6.41 Å². The molecule has 0 saturated carbocycles. The van der Waals surface area contributed by atoms with Crippen LogP contribution in [0, 0.1) is 0 Å². The number of alkyl halides is 3. The minimum absolute atomic E-state index is 0.0450. The second-order valence-corrected chi connectivity index (χ2v) is 5.95. The molecular formula is C21H14F3NO3.